The second-order valence-corrected chi connectivity index (χ2v) is 4.92. The van der Waals surface area contributed by atoms with Gasteiger partial charge in [0.15, 0.2) is 0 Å². The summed E-state index contributed by atoms with van der Waals surface area (Å²) in [6, 6.07) is 14.7. The van der Waals surface area contributed by atoms with E-state index in [0.29, 0.717) is 18.7 Å². The van der Waals surface area contributed by atoms with Crippen LogP contribution in [0.3, 0.4) is 0 Å². The van der Waals surface area contributed by atoms with Gasteiger partial charge >= 0.3 is 0 Å². The molecule has 0 heterocycles. The lowest BCUT2D eigenvalue weighted by Gasteiger charge is -2.17. The highest BCUT2D eigenvalue weighted by atomic mass is 19.1. The number of halogens is 1. The Morgan fingerprint density at radius 3 is 2.67 bits per heavy atom. The molecule has 0 aliphatic rings. The van der Waals surface area contributed by atoms with Gasteiger partial charge in [-0.15, -0.1) is 0 Å². The summed E-state index contributed by atoms with van der Waals surface area (Å²) in [6.45, 7) is 1.12. The summed E-state index contributed by atoms with van der Waals surface area (Å²) in [5.41, 5.74) is 2.68. The van der Waals surface area contributed by atoms with E-state index in [0.717, 1.165) is 11.1 Å². The van der Waals surface area contributed by atoms with Crippen molar-refractivity contribution in [1.29, 1.82) is 0 Å². The summed E-state index contributed by atoms with van der Waals surface area (Å²) in [4.78, 5) is 2.05. The fourth-order valence-corrected chi connectivity index (χ4v) is 2.17. The van der Waals surface area contributed by atoms with Crippen molar-refractivity contribution in [2.75, 3.05) is 13.7 Å². The molecule has 0 unspecified atom stereocenters. The van der Waals surface area contributed by atoms with Gasteiger partial charge < -0.3 is 5.11 Å². The Balaban J connectivity index is 2.02. The van der Waals surface area contributed by atoms with Crippen LogP contribution in [0.1, 0.15) is 16.7 Å². The molecule has 0 atom stereocenters. The Kier molecular flexibility index (Phi) is 5.51. The first-order chi connectivity index (χ1) is 10.2. The molecule has 2 nitrogen and oxygen atoms in total. The Morgan fingerprint density at radius 2 is 1.90 bits per heavy atom. The van der Waals surface area contributed by atoms with E-state index >= 15 is 0 Å². The van der Waals surface area contributed by atoms with Crippen molar-refractivity contribution in [3.8, 4) is 11.8 Å². The first kappa shape index (κ1) is 15.2. The van der Waals surface area contributed by atoms with Crippen molar-refractivity contribution in [1.82, 2.24) is 4.90 Å². The summed E-state index contributed by atoms with van der Waals surface area (Å²) in [7, 11) is 1.96. The van der Waals surface area contributed by atoms with Crippen LogP contribution in [0.15, 0.2) is 48.5 Å². The largest absolute Gasteiger partial charge is 0.384 e. The Labute approximate surface area is 124 Å². The zero-order valence-electron chi connectivity index (χ0n) is 12.0. The second kappa shape index (κ2) is 7.58. The number of rotatable bonds is 4. The molecule has 0 aromatic heterocycles. The maximum Gasteiger partial charge on any atom is 0.127 e. The Hall–Kier alpha value is -2.15. The number of nitrogens with zero attached hydrogens (tertiary/aromatic N) is 1. The van der Waals surface area contributed by atoms with Gasteiger partial charge in [-0.3, -0.25) is 4.90 Å². The van der Waals surface area contributed by atoms with E-state index in [-0.39, 0.29) is 12.4 Å². The fourth-order valence-electron chi connectivity index (χ4n) is 2.17. The lowest BCUT2D eigenvalue weighted by atomic mass is 10.1. The van der Waals surface area contributed by atoms with E-state index < -0.39 is 0 Å². The molecule has 0 radical (unpaired) electrons. The first-order valence-corrected chi connectivity index (χ1v) is 6.79. The van der Waals surface area contributed by atoms with Crippen LogP contribution in [0.2, 0.25) is 0 Å². The number of hydrogen-bond donors (Lipinski definition) is 1. The van der Waals surface area contributed by atoms with Crippen molar-refractivity contribution >= 4 is 0 Å². The molecule has 108 valence electrons. The monoisotopic (exact) mass is 283 g/mol. The SMILES string of the molecule is CN(Cc1cccc(C#CCO)c1)Cc1ccccc1F. The van der Waals surface area contributed by atoms with E-state index in [1.54, 1.807) is 12.1 Å². The lowest BCUT2D eigenvalue weighted by molar-refractivity contribution is 0.313. The zero-order chi connectivity index (χ0) is 15.1. The van der Waals surface area contributed by atoms with Gasteiger partial charge in [0, 0.05) is 24.2 Å². The third-order valence-corrected chi connectivity index (χ3v) is 3.09. The summed E-state index contributed by atoms with van der Waals surface area (Å²) >= 11 is 0. The molecule has 2 rings (SSSR count). The highest BCUT2D eigenvalue weighted by Gasteiger charge is 2.06. The average Bonchev–Trinajstić information content (AvgIpc) is 2.48. The molecule has 2 aromatic carbocycles. The standard InChI is InChI=1S/C18H18FNO/c1-20(14-17-9-2-3-10-18(17)19)13-16-7-4-6-15(12-16)8-5-11-21/h2-4,6-7,9-10,12,21H,11,13-14H2,1H3. The van der Waals surface area contributed by atoms with Crippen molar-refractivity contribution in [3.05, 3.63) is 71.0 Å². The highest BCUT2D eigenvalue weighted by Crippen LogP contribution is 2.12. The van der Waals surface area contributed by atoms with Gasteiger partial charge in [0.1, 0.15) is 12.4 Å². The van der Waals surface area contributed by atoms with Crippen LogP contribution in [-0.4, -0.2) is 23.7 Å². The molecule has 3 heteroatoms. The lowest BCUT2D eigenvalue weighted by Crippen LogP contribution is -2.18. The van der Waals surface area contributed by atoms with Gasteiger partial charge in [0.25, 0.3) is 0 Å². The summed E-state index contributed by atoms with van der Waals surface area (Å²) in [5, 5.41) is 8.72. The van der Waals surface area contributed by atoms with Crippen LogP contribution in [0, 0.1) is 17.7 Å². The number of aliphatic hydroxyl groups is 1. The zero-order valence-corrected chi connectivity index (χ0v) is 12.0. The molecule has 2 aromatic rings. The smallest absolute Gasteiger partial charge is 0.127 e. The van der Waals surface area contributed by atoms with E-state index in [1.807, 2.05) is 37.4 Å². The number of hydrogen-bond acceptors (Lipinski definition) is 2. The van der Waals surface area contributed by atoms with Gasteiger partial charge in [-0.2, -0.15) is 0 Å². The van der Waals surface area contributed by atoms with Crippen LogP contribution in [0.25, 0.3) is 0 Å². The number of aliphatic hydroxyl groups excluding tert-OH is 1. The predicted molar refractivity (Wildman–Crippen MR) is 82.0 cm³/mol. The van der Waals surface area contributed by atoms with Crippen LogP contribution in [-0.2, 0) is 13.1 Å². The van der Waals surface area contributed by atoms with E-state index in [4.69, 9.17) is 5.11 Å². The maximum absolute atomic E-state index is 13.6. The molecule has 0 bridgehead atoms. The predicted octanol–water partition coefficient (Wildman–Crippen LogP) is 2.80. The molecule has 21 heavy (non-hydrogen) atoms. The third-order valence-electron chi connectivity index (χ3n) is 3.09. The van der Waals surface area contributed by atoms with Crippen LogP contribution in [0.4, 0.5) is 4.39 Å². The quantitative estimate of drug-likeness (QED) is 0.872. The van der Waals surface area contributed by atoms with E-state index in [2.05, 4.69) is 16.7 Å². The topological polar surface area (TPSA) is 23.5 Å². The third kappa shape index (κ3) is 4.71. The second-order valence-electron chi connectivity index (χ2n) is 4.92. The first-order valence-electron chi connectivity index (χ1n) is 6.79. The van der Waals surface area contributed by atoms with Crippen LogP contribution < -0.4 is 0 Å². The minimum atomic E-state index is -0.174. The van der Waals surface area contributed by atoms with Gasteiger partial charge in [-0.05, 0) is 30.8 Å². The van der Waals surface area contributed by atoms with Crippen LogP contribution in [0.5, 0.6) is 0 Å². The highest BCUT2D eigenvalue weighted by molar-refractivity contribution is 5.37. The van der Waals surface area contributed by atoms with Gasteiger partial charge in [-0.25, -0.2) is 4.39 Å². The fraction of sp³-hybridized carbons (Fsp3) is 0.222. The maximum atomic E-state index is 13.6. The Bertz CT molecular complexity index is 658. The van der Waals surface area contributed by atoms with Crippen LogP contribution >= 0.6 is 0 Å². The molecule has 0 aliphatic heterocycles. The van der Waals surface area contributed by atoms with E-state index in [1.165, 1.54) is 6.07 Å². The molecule has 1 N–H and O–H groups in total. The molecule has 0 saturated heterocycles. The summed E-state index contributed by atoms with van der Waals surface area (Å²) < 4.78 is 13.6. The normalized spacial score (nSPS) is 10.3. The molecule has 0 aliphatic carbocycles. The molecule has 0 fully saturated rings. The number of benzene rings is 2. The van der Waals surface area contributed by atoms with Crippen molar-refractivity contribution in [2.24, 2.45) is 0 Å². The van der Waals surface area contributed by atoms with E-state index in [9.17, 15) is 4.39 Å². The minimum Gasteiger partial charge on any atom is -0.384 e. The average molecular weight is 283 g/mol. The van der Waals surface area contributed by atoms with Gasteiger partial charge in [0.05, 0.1) is 0 Å². The molecule has 0 amide bonds. The molecule has 0 saturated carbocycles. The molecule has 0 spiro atoms. The summed E-state index contributed by atoms with van der Waals surface area (Å²) in [6.07, 6.45) is 0. The summed E-state index contributed by atoms with van der Waals surface area (Å²) in [5.74, 6) is 5.35. The Morgan fingerprint density at radius 1 is 1.10 bits per heavy atom. The van der Waals surface area contributed by atoms with Crippen molar-refractivity contribution in [3.63, 3.8) is 0 Å². The van der Waals surface area contributed by atoms with Crippen molar-refractivity contribution in [2.45, 2.75) is 13.1 Å². The molecular weight excluding hydrogens is 265 g/mol. The molecular formula is C18H18FNO. The minimum absolute atomic E-state index is 0.141. The van der Waals surface area contributed by atoms with Crippen molar-refractivity contribution < 1.29 is 9.50 Å². The van der Waals surface area contributed by atoms with Gasteiger partial charge in [0.2, 0.25) is 0 Å². The van der Waals surface area contributed by atoms with Gasteiger partial charge in [-0.1, -0.05) is 42.2 Å².